The first kappa shape index (κ1) is 24.5. The lowest BCUT2D eigenvalue weighted by Crippen LogP contribution is -3.00. The van der Waals surface area contributed by atoms with Gasteiger partial charge in [0, 0.05) is 19.3 Å². The van der Waals surface area contributed by atoms with E-state index in [0.29, 0.717) is 0 Å². The summed E-state index contributed by atoms with van der Waals surface area (Å²) in [6, 6.07) is 0. The first-order chi connectivity index (χ1) is 10.3. The van der Waals surface area contributed by atoms with Crippen LogP contribution in [0.25, 0.3) is 0 Å². The summed E-state index contributed by atoms with van der Waals surface area (Å²) in [4.78, 5) is 0. The standard InChI is InChI=1S/C20H43O.ClH/c1-4-7-10-11-12-13-14-15-16-17-20-21(18-8-5-2)19-9-6-3;/h4-20H2,1-3H3;1H/q+1;/p-1. The van der Waals surface area contributed by atoms with E-state index in [1.807, 2.05) is 0 Å². The molecule has 0 aliphatic heterocycles. The first-order valence-electron chi connectivity index (χ1n) is 9.99. The quantitative estimate of drug-likeness (QED) is 0.278. The van der Waals surface area contributed by atoms with Crippen molar-refractivity contribution in [1.82, 2.24) is 0 Å². The maximum Gasteiger partial charge on any atom is 0.145 e. The number of hydrogen-bond acceptors (Lipinski definition) is 0. The Hall–Kier alpha value is 0.250. The van der Waals surface area contributed by atoms with Crippen molar-refractivity contribution in [1.29, 1.82) is 0 Å². The SMILES string of the molecule is CCCCCCCCCCCC[O+](CCCC)CCCC.[Cl-]. The van der Waals surface area contributed by atoms with E-state index in [0.717, 1.165) is 0 Å². The minimum Gasteiger partial charge on any atom is -1.00 e. The van der Waals surface area contributed by atoms with Gasteiger partial charge in [-0.3, -0.25) is 0 Å². The third-order valence-electron chi connectivity index (χ3n) is 4.36. The molecule has 136 valence electrons. The summed E-state index contributed by atoms with van der Waals surface area (Å²) in [6.07, 6.45) is 19.7. The molecule has 22 heavy (non-hydrogen) atoms. The second-order valence-electron chi connectivity index (χ2n) is 6.61. The van der Waals surface area contributed by atoms with E-state index in [-0.39, 0.29) is 12.4 Å². The zero-order valence-corrected chi connectivity index (χ0v) is 16.6. The predicted molar refractivity (Wildman–Crippen MR) is 97.3 cm³/mol. The van der Waals surface area contributed by atoms with Crippen molar-refractivity contribution < 1.29 is 16.8 Å². The van der Waals surface area contributed by atoms with Crippen LogP contribution in [0.5, 0.6) is 0 Å². The van der Waals surface area contributed by atoms with Crippen LogP contribution in [0.4, 0.5) is 0 Å². The molecule has 0 aromatic heterocycles. The topological polar surface area (TPSA) is 2.70 Å². The maximum atomic E-state index is 3.54. The van der Waals surface area contributed by atoms with Gasteiger partial charge in [0.05, 0.1) is 0 Å². The molecule has 0 amide bonds. The zero-order chi connectivity index (χ0) is 15.6. The molecule has 0 rings (SSSR count). The Morgan fingerprint density at radius 3 is 1.14 bits per heavy atom. The van der Waals surface area contributed by atoms with Gasteiger partial charge < -0.3 is 16.8 Å². The summed E-state index contributed by atoms with van der Waals surface area (Å²) in [6.45, 7) is 10.6. The minimum absolute atomic E-state index is 0. The van der Waals surface area contributed by atoms with Crippen LogP contribution in [-0.2, 0) is 4.37 Å². The van der Waals surface area contributed by atoms with Crippen LogP contribution in [0, 0.1) is 0 Å². The molecular weight excluding hydrogens is 292 g/mol. The van der Waals surface area contributed by atoms with Crippen LogP contribution in [0.15, 0.2) is 0 Å². The van der Waals surface area contributed by atoms with E-state index in [4.69, 9.17) is 0 Å². The van der Waals surface area contributed by atoms with Crippen molar-refractivity contribution in [2.75, 3.05) is 19.8 Å². The van der Waals surface area contributed by atoms with E-state index < -0.39 is 0 Å². The molecule has 0 spiro atoms. The Kier molecular flexibility index (Phi) is 23.7. The van der Waals surface area contributed by atoms with Gasteiger partial charge in [0.25, 0.3) is 0 Å². The van der Waals surface area contributed by atoms with Crippen molar-refractivity contribution in [2.24, 2.45) is 0 Å². The summed E-state index contributed by atoms with van der Waals surface area (Å²) in [5.74, 6) is 0. The lowest BCUT2D eigenvalue weighted by atomic mass is 10.1. The molecule has 0 aliphatic rings. The van der Waals surface area contributed by atoms with E-state index in [2.05, 4.69) is 25.1 Å². The fraction of sp³-hybridized carbons (Fsp3) is 1.00. The first-order valence-corrected chi connectivity index (χ1v) is 9.99. The Bertz CT molecular complexity index is 177. The third kappa shape index (κ3) is 18.3. The van der Waals surface area contributed by atoms with Crippen molar-refractivity contribution >= 4 is 0 Å². The molecule has 0 aromatic rings. The average molecular weight is 335 g/mol. The molecule has 0 unspecified atom stereocenters. The van der Waals surface area contributed by atoms with Crippen molar-refractivity contribution in [3.8, 4) is 0 Å². The van der Waals surface area contributed by atoms with E-state index in [1.54, 1.807) is 0 Å². The van der Waals surface area contributed by atoms with Crippen molar-refractivity contribution in [3.05, 3.63) is 0 Å². The van der Waals surface area contributed by atoms with Gasteiger partial charge in [-0.15, -0.1) is 0 Å². The highest BCUT2D eigenvalue weighted by molar-refractivity contribution is 4.50. The van der Waals surface area contributed by atoms with Gasteiger partial charge in [-0.1, -0.05) is 72.1 Å². The van der Waals surface area contributed by atoms with E-state index in [9.17, 15) is 0 Å². The molecule has 1 nitrogen and oxygen atoms in total. The van der Waals surface area contributed by atoms with Crippen molar-refractivity contribution in [2.45, 2.75) is 111 Å². The molecule has 0 fully saturated rings. The van der Waals surface area contributed by atoms with Crippen LogP contribution >= 0.6 is 0 Å². The van der Waals surface area contributed by atoms with Gasteiger partial charge in [0.2, 0.25) is 0 Å². The molecule has 0 saturated carbocycles. The molecule has 0 aliphatic carbocycles. The lowest BCUT2D eigenvalue weighted by molar-refractivity contribution is -0.143. The van der Waals surface area contributed by atoms with Gasteiger partial charge >= 0.3 is 0 Å². The Morgan fingerprint density at radius 2 is 0.727 bits per heavy atom. The zero-order valence-electron chi connectivity index (χ0n) is 15.8. The minimum atomic E-state index is 0. The Morgan fingerprint density at radius 1 is 0.409 bits per heavy atom. The van der Waals surface area contributed by atoms with Gasteiger partial charge in [0.15, 0.2) is 0 Å². The number of rotatable bonds is 17. The van der Waals surface area contributed by atoms with E-state index in [1.165, 1.54) is 110 Å². The lowest BCUT2D eigenvalue weighted by Gasteiger charge is -2.19. The number of halogens is 1. The second kappa shape index (κ2) is 21.2. The van der Waals surface area contributed by atoms with Gasteiger partial charge in [-0.25, -0.2) is 0 Å². The number of hydrogen-bond donors (Lipinski definition) is 0. The molecule has 0 aromatic carbocycles. The molecule has 0 saturated heterocycles. The second-order valence-corrected chi connectivity index (χ2v) is 6.61. The molecule has 2 heteroatoms. The number of unbranched alkanes of at least 4 members (excludes halogenated alkanes) is 11. The molecule has 0 radical (unpaired) electrons. The Labute approximate surface area is 147 Å². The maximum absolute atomic E-state index is 3.54. The van der Waals surface area contributed by atoms with E-state index >= 15 is 0 Å². The smallest absolute Gasteiger partial charge is 0.145 e. The highest BCUT2D eigenvalue weighted by Gasteiger charge is 2.07. The van der Waals surface area contributed by atoms with Gasteiger partial charge in [0.1, 0.15) is 19.8 Å². The monoisotopic (exact) mass is 334 g/mol. The fourth-order valence-corrected chi connectivity index (χ4v) is 2.80. The average Bonchev–Trinajstić information content (AvgIpc) is 2.51. The predicted octanol–water partition coefficient (Wildman–Crippen LogP) is 4.06. The summed E-state index contributed by atoms with van der Waals surface area (Å²) in [7, 11) is 0. The third-order valence-corrected chi connectivity index (χ3v) is 4.36. The molecule has 0 bridgehead atoms. The molecule has 0 heterocycles. The fourth-order valence-electron chi connectivity index (χ4n) is 2.80. The summed E-state index contributed by atoms with van der Waals surface area (Å²) in [5.41, 5.74) is 0. The summed E-state index contributed by atoms with van der Waals surface area (Å²) in [5, 5.41) is 0. The molecule has 0 N–H and O–H groups in total. The molecule has 0 atom stereocenters. The van der Waals surface area contributed by atoms with Crippen LogP contribution in [-0.4, -0.2) is 19.8 Å². The highest BCUT2D eigenvalue weighted by Crippen LogP contribution is 2.12. The Balaban J connectivity index is 0. The van der Waals surface area contributed by atoms with Gasteiger partial charge in [-0.05, 0) is 19.3 Å². The highest BCUT2D eigenvalue weighted by atomic mass is 35.5. The van der Waals surface area contributed by atoms with Crippen LogP contribution in [0.3, 0.4) is 0 Å². The summed E-state index contributed by atoms with van der Waals surface area (Å²) < 4.78 is 3.54. The van der Waals surface area contributed by atoms with Crippen LogP contribution < -0.4 is 12.4 Å². The van der Waals surface area contributed by atoms with Crippen LogP contribution in [0.2, 0.25) is 0 Å². The molecular formula is C20H43ClO. The normalized spacial score (nSPS) is 10.9. The largest absolute Gasteiger partial charge is 1.00 e. The van der Waals surface area contributed by atoms with Gasteiger partial charge in [-0.2, -0.15) is 0 Å². The van der Waals surface area contributed by atoms with Crippen LogP contribution in [0.1, 0.15) is 111 Å². The summed E-state index contributed by atoms with van der Waals surface area (Å²) >= 11 is 0. The van der Waals surface area contributed by atoms with Crippen molar-refractivity contribution in [3.63, 3.8) is 0 Å².